The lowest BCUT2D eigenvalue weighted by atomic mass is 9.76. The molecule has 142 valence electrons. The van der Waals surface area contributed by atoms with E-state index in [2.05, 4.69) is 12.2 Å². The van der Waals surface area contributed by atoms with Gasteiger partial charge in [-0.1, -0.05) is 19.1 Å². The van der Waals surface area contributed by atoms with E-state index in [1.807, 2.05) is 17.1 Å². The maximum absolute atomic E-state index is 13.2. The summed E-state index contributed by atoms with van der Waals surface area (Å²) in [6, 6.07) is 0. The van der Waals surface area contributed by atoms with Gasteiger partial charge < -0.3 is 19.9 Å². The number of ether oxygens (including phenoxy) is 1. The van der Waals surface area contributed by atoms with E-state index < -0.39 is 17.4 Å². The highest BCUT2D eigenvalue weighted by molar-refractivity contribution is 5.93. The molecule has 0 aromatic rings. The van der Waals surface area contributed by atoms with Gasteiger partial charge in [0.05, 0.1) is 24.5 Å². The molecule has 0 radical (unpaired) electrons. The van der Waals surface area contributed by atoms with Crippen LogP contribution in [0.5, 0.6) is 0 Å². The van der Waals surface area contributed by atoms with Crippen LogP contribution in [0.2, 0.25) is 0 Å². The van der Waals surface area contributed by atoms with Gasteiger partial charge in [-0.3, -0.25) is 14.4 Å². The topological polar surface area (TPSA) is 79.0 Å². The van der Waals surface area contributed by atoms with Crippen LogP contribution in [0.15, 0.2) is 12.2 Å². The summed E-state index contributed by atoms with van der Waals surface area (Å²) in [6.07, 6.45) is 5.68. The summed E-state index contributed by atoms with van der Waals surface area (Å²) in [7, 11) is 0. The number of hydrogen-bond acceptors (Lipinski definition) is 4. The van der Waals surface area contributed by atoms with E-state index >= 15 is 0 Å². The highest BCUT2D eigenvalue weighted by Crippen LogP contribution is 2.52. The lowest BCUT2D eigenvalue weighted by molar-refractivity contribution is -0.144. The Labute approximate surface area is 153 Å². The first-order valence-corrected chi connectivity index (χ1v) is 9.60. The molecular weight excluding hydrogens is 334 g/mol. The van der Waals surface area contributed by atoms with Crippen LogP contribution in [0.4, 0.5) is 0 Å². The fraction of sp³-hybridized carbons (Fsp3) is 0.737. The Bertz CT molecular complexity index is 655. The number of piperidine rings is 1. The first-order chi connectivity index (χ1) is 12.4. The van der Waals surface area contributed by atoms with E-state index in [9.17, 15) is 14.4 Å². The maximum atomic E-state index is 13.2. The summed E-state index contributed by atoms with van der Waals surface area (Å²) in [5, 5.41) is 2.72. The van der Waals surface area contributed by atoms with Crippen molar-refractivity contribution in [1.29, 1.82) is 0 Å². The van der Waals surface area contributed by atoms with E-state index in [1.54, 1.807) is 4.90 Å². The number of fused-ring (bicyclic) bond motifs is 1. The minimum absolute atomic E-state index is 0.0223. The zero-order valence-electron chi connectivity index (χ0n) is 15.4. The molecule has 4 aliphatic heterocycles. The third-order valence-electron chi connectivity index (χ3n) is 6.31. The number of rotatable bonds is 4. The zero-order valence-corrected chi connectivity index (χ0v) is 15.4. The lowest BCUT2D eigenvalue weighted by Crippen LogP contribution is -2.48. The second-order valence-corrected chi connectivity index (χ2v) is 8.15. The molecule has 1 N–H and O–H groups in total. The maximum Gasteiger partial charge on any atom is 0.230 e. The van der Waals surface area contributed by atoms with Crippen molar-refractivity contribution in [2.45, 2.75) is 38.4 Å². The quantitative estimate of drug-likeness (QED) is 0.724. The van der Waals surface area contributed by atoms with Gasteiger partial charge in [0.15, 0.2) is 0 Å². The van der Waals surface area contributed by atoms with Gasteiger partial charge in [0.25, 0.3) is 0 Å². The van der Waals surface area contributed by atoms with Crippen molar-refractivity contribution in [3.05, 3.63) is 12.2 Å². The molecule has 4 atom stereocenters. The van der Waals surface area contributed by atoms with Gasteiger partial charge in [-0.25, -0.2) is 0 Å². The van der Waals surface area contributed by atoms with Gasteiger partial charge in [-0.15, -0.1) is 0 Å². The minimum Gasteiger partial charge on any atom is -0.360 e. The standard InChI is InChI=1S/C19H27N3O4/c1-12-4-8-21(9-5-12)17(24)15-14-3-6-19(26-14)11-22(18(25)16(15)19)10-7-20-13(2)23/h3,6,12,14-16H,4-5,7-11H2,1-2H3,(H,20,23)/t14-,15+,16-,19-/m0/s1. The van der Waals surface area contributed by atoms with Crippen LogP contribution in [-0.4, -0.2) is 72.0 Å². The fourth-order valence-corrected chi connectivity index (χ4v) is 4.86. The molecule has 7 nitrogen and oxygen atoms in total. The zero-order chi connectivity index (χ0) is 18.5. The van der Waals surface area contributed by atoms with E-state index in [0.29, 0.717) is 25.6 Å². The lowest BCUT2D eigenvalue weighted by Gasteiger charge is -2.34. The number of carbonyl (C=O) groups is 3. The summed E-state index contributed by atoms with van der Waals surface area (Å²) in [4.78, 5) is 40.9. The average molecular weight is 361 g/mol. The summed E-state index contributed by atoms with van der Waals surface area (Å²) < 4.78 is 6.15. The smallest absolute Gasteiger partial charge is 0.230 e. The molecular formula is C19H27N3O4. The van der Waals surface area contributed by atoms with E-state index in [-0.39, 0.29) is 23.8 Å². The van der Waals surface area contributed by atoms with Crippen LogP contribution in [0.25, 0.3) is 0 Å². The summed E-state index contributed by atoms with van der Waals surface area (Å²) in [5.41, 5.74) is -0.665. The average Bonchev–Trinajstić information content (AvgIpc) is 3.23. The molecule has 4 heterocycles. The molecule has 4 aliphatic rings. The molecule has 3 amide bonds. The van der Waals surface area contributed by atoms with Crippen LogP contribution in [0, 0.1) is 17.8 Å². The van der Waals surface area contributed by atoms with Crippen LogP contribution < -0.4 is 5.32 Å². The van der Waals surface area contributed by atoms with Gasteiger partial charge in [-0.05, 0) is 18.8 Å². The molecule has 0 aromatic heterocycles. The fourth-order valence-electron chi connectivity index (χ4n) is 4.86. The molecule has 3 saturated heterocycles. The van der Waals surface area contributed by atoms with Crippen molar-refractivity contribution < 1.29 is 19.1 Å². The highest BCUT2D eigenvalue weighted by atomic mass is 16.5. The molecule has 4 rings (SSSR count). The largest absolute Gasteiger partial charge is 0.360 e. The van der Waals surface area contributed by atoms with Gasteiger partial charge in [0.2, 0.25) is 17.7 Å². The summed E-state index contributed by atoms with van der Waals surface area (Å²) >= 11 is 0. The first kappa shape index (κ1) is 17.5. The molecule has 0 unspecified atom stereocenters. The van der Waals surface area contributed by atoms with Crippen LogP contribution in [-0.2, 0) is 19.1 Å². The Kier molecular flexibility index (Phi) is 4.29. The number of nitrogens with one attached hydrogen (secondary N) is 1. The number of carbonyl (C=O) groups excluding carboxylic acids is 3. The SMILES string of the molecule is CC(=O)NCCN1C[C@]23C=C[C@H](O2)[C@@H](C(=O)N2CCC(C)CC2)[C@H]3C1=O. The Morgan fingerprint density at radius 3 is 2.77 bits per heavy atom. The highest BCUT2D eigenvalue weighted by Gasteiger charge is 2.67. The van der Waals surface area contributed by atoms with Gasteiger partial charge in [-0.2, -0.15) is 0 Å². The number of amides is 3. The third-order valence-corrected chi connectivity index (χ3v) is 6.31. The van der Waals surface area contributed by atoms with Crippen molar-refractivity contribution in [3.8, 4) is 0 Å². The third kappa shape index (κ3) is 2.73. The van der Waals surface area contributed by atoms with Crippen molar-refractivity contribution in [1.82, 2.24) is 15.1 Å². The van der Waals surface area contributed by atoms with E-state index in [1.165, 1.54) is 6.92 Å². The van der Waals surface area contributed by atoms with E-state index in [0.717, 1.165) is 25.9 Å². The van der Waals surface area contributed by atoms with Gasteiger partial charge in [0.1, 0.15) is 5.60 Å². The van der Waals surface area contributed by atoms with Crippen molar-refractivity contribution in [3.63, 3.8) is 0 Å². The van der Waals surface area contributed by atoms with Crippen LogP contribution in [0.1, 0.15) is 26.7 Å². The molecule has 26 heavy (non-hydrogen) atoms. The second kappa shape index (κ2) is 6.37. The van der Waals surface area contributed by atoms with Crippen LogP contribution in [0.3, 0.4) is 0 Å². The number of likely N-dealkylation sites (tertiary alicyclic amines) is 2. The predicted octanol–water partition coefficient (Wildman–Crippen LogP) is 0.163. The normalized spacial score (nSPS) is 35.9. The Balaban J connectivity index is 1.48. The predicted molar refractivity (Wildman–Crippen MR) is 94.0 cm³/mol. The van der Waals surface area contributed by atoms with Crippen molar-refractivity contribution in [2.24, 2.45) is 17.8 Å². The molecule has 0 aromatic carbocycles. The monoisotopic (exact) mass is 361 g/mol. The molecule has 3 fully saturated rings. The Morgan fingerprint density at radius 2 is 2.08 bits per heavy atom. The number of nitrogens with zero attached hydrogens (tertiary/aromatic N) is 2. The van der Waals surface area contributed by atoms with Crippen molar-refractivity contribution >= 4 is 17.7 Å². The molecule has 7 heteroatoms. The van der Waals surface area contributed by atoms with Crippen molar-refractivity contribution in [2.75, 3.05) is 32.7 Å². The Morgan fingerprint density at radius 1 is 1.35 bits per heavy atom. The molecule has 1 spiro atoms. The molecule has 0 aliphatic carbocycles. The number of hydrogen-bond donors (Lipinski definition) is 1. The summed E-state index contributed by atoms with van der Waals surface area (Å²) in [5.74, 6) is -0.257. The van der Waals surface area contributed by atoms with Gasteiger partial charge in [0, 0.05) is 33.1 Å². The van der Waals surface area contributed by atoms with Crippen LogP contribution >= 0.6 is 0 Å². The first-order valence-electron chi connectivity index (χ1n) is 9.60. The molecule has 2 bridgehead atoms. The summed E-state index contributed by atoms with van der Waals surface area (Å²) in [6.45, 7) is 6.54. The molecule has 0 saturated carbocycles. The second-order valence-electron chi connectivity index (χ2n) is 8.15. The Hall–Kier alpha value is -1.89. The minimum atomic E-state index is -0.665. The van der Waals surface area contributed by atoms with Gasteiger partial charge >= 0.3 is 0 Å². The van der Waals surface area contributed by atoms with E-state index in [4.69, 9.17) is 4.74 Å².